The highest BCUT2D eigenvalue weighted by atomic mass is 79.9. The van der Waals surface area contributed by atoms with Crippen molar-refractivity contribution in [2.24, 2.45) is 0 Å². The monoisotopic (exact) mass is 258 g/mol. The van der Waals surface area contributed by atoms with E-state index in [0.717, 1.165) is 22.4 Å². The quantitative estimate of drug-likeness (QED) is 0.824. The molecule has 0 N–H and O–H groups in total. The SMILES string of the molecule is CCOc1c(Br)cc(CC)cc1OC. The summed E-state index contributed by atoms with van der Waals surface area (Å²) in [4.78, 5) is 0. The molecule has 0 amide bonds. The minimum atomic E-state index is 0.639. The van der Waals surface area contributed by atoms with Gasteiger partial charge in [0.15, 0.2) is 11.5 Å². The molecule has 0 aromatic heterocycles. The lowest BCUT2D eigenvalue weighted by Crippen LogP contribution is -1.97. The largest absolute Gasteiger partial charge is 0.493 e. The average Bonchev–Trinajstić information content (AvgIpc) is 2.20. The molecule has 0 radical (unpaired) electrons. The number of hydrogen-bond acceptors (Lipinski definition) is 2. The van der Waals surface area contributed by atoms with Gasteiger partial charge >= 0.3 is 0 Å². The third kappa shape index (κ3) is 2.41. The van der Waals surface area contributed by atoms with Gasteiger partial charge in [-0.1, -0.05) is 6.92 Å². The van der Waals surface area contributed by atoms with Gasteiger partial charge in [-0.3, -0.25) is 0 Å². The van der Waals surface area contributed by atoms with Crippen molar-refractivity contribution in [2.45, 2.75) is 20.3 Å². The highest BCUT2D eigenvalue weighted by molar-refractivity contribution is 9.10. The predicted molar refractivity (Wildman–Crippen MR) is 61.2 cm³/mol. The normalized spacial score (nSPS) is 10.0. The Labute approximate surface area is 93.4 Å². The molecule has 2 nitrogen and oxygen atoms in total. The minimum Gasteiger partial charge on any atom is -0.493 e. The van der Waals surface area contributed by atoms with Crippen molar-refractivity contribution < 1.29 is 9.47 Å². The molecule has 14 heavy (non-hydrogen) atoms. The van der Waals surface area contributed by atoms with Crippen LogP contribution in [0.1, 0.15) is 19.4 Å². The summed E-state index contributed by atoms with van der Waals surface area (Å²) < 4.78 is 11.7. The summed E-state index contributed by atoms with van der Waals surface area (Å²) in [7, 11) is 1.66. The molecule has 1 aromatic carbocycles. The lowest BCUT2D eigenvalue weighted by molar-refractivity contribution is 0.308. The van der Waals surface area contributed by atoms with E-state index in [4.69, 9.17) is 9.47 Å². The number of hydrogen-bond donors (Lipinski definition) is 0. The average molecular weight is 259 g/mol. The third-order valence-corrected chi connectivity index (χ3v) is 2.58. The maximum absolute atomic E-state index is 5.49. The molecular formula is C11H15BrO2. The van der Waals surface area contributed by atoms with Gasteiger partial charge in [0.25, 0.3) is 0 Å². The van der Waals surface area contributed by atoms with E-state index < -0.39 is 0 Å². The van der Waals surface area contributed by atoms with Gasteiger partial charge in [-0.25, -0.2) is 0 Å². The minimum absolute atomic E-state index is 0.639. The predicted octanol–water partition coefficient (Wildman–Crippen LogP) is 3.42. The lowest BCUT2D eigenvalue weighted by atomic mass is 10.1. The van der Waals surface area contributed by atoms with E-state index in [0.29, 0.717) is 6.61 Å². The Balaban J connectivity index is 3.13. The Morgan fingerprint density at radius 3 is 2.50 bits per heavy atom. The Bertz CT molecular complexity index is 310. The summed E-state index contributed by atoms with van der Waals surface area (Å²) in [5.41, 5.74) is 1.23. The van der Waals surface area contributed by atoms with E-state index in [1.165, 1.54) is 5.56 Å². The van der Waals surface area contributed by atoms with E-state index in [-0.39, 0.29) is 0 Å². The molecule has 0 unspecified atom stereocenters. The molecule has 0 aliphatic heterocycles. The standard InChI is InChI=1S/C11H15BrO2/c1-4-8-6-9(12)11(14-5-2)10(7-8)13-3/h6-7H,4-5H2,1-3H3. The molecule has 0 heterocycles. The summed E-state index contributed by atoms with van der Waals surface area (Å²) >= 11 is 3.48. The van der Waals surface area contributed by atoms with Gasteiger partial charge < -0.3 is 9.47 Å². The van der Waals surface area contributed by atoms with Crippen LogP contribution in [-0.4, -0.2) is 13.7 Å². The van der Waals surface area contributed by atoms with Gasteiger partial charge in [0.2, 0.25) is 0 Å². The van der Waals surface area contributed by atoms with Crippen LogP contribution in [0.3, 0.4) is 0 Å². The Morgan fingerprint density at radius 1 is 1.29 bits per heavy atom. The summed E-state index contributed by atoms with van der Waals surface area (Å²) in [6.45, 7) is 4.71. The number of aryl methyl sites for hydroxylation is 1. The second-order valence-corrected chi connectivity index (χ2v) is 3.75. The Morgan fingerprint density at radius 2 is 2.00 bits per heavy atom. The summed E-state index contributed by atoms with van der Waals surface area (Å²) in [5.74, 6) is 1.57. The molecule has 0 spiro atoms. The van der Waals surface area contributed by atoms with Crippen molar-refractivity contribution in [3.63, 3.8) is 0 Å². The fourth-order valence-electron chi connectivity index (χ4n) is 1.26. The van der Waals surface area contributed by atoms with Crippen LogP contribution in [0.4, 0.5) is 0 Å². The number of methoxy groups -OCH3 is 1. The summed E-state index contributed by atoms with van der Waals surface area (Å²) in [5, 5.41) is 0. The number of ether oxygens (including phenoxy) is 2. The molecule has 1 rings (SSSR count). The molecule has 0 aliphatic carbocycles. The van der Waals surface area contributed by atoms with Crippen molar-refractivity contribution in [3.8, 4) is 11.5 Å². The zero-order valence-corrected chi connectivity index (χ0v) is 10.3. The zero-order valence-electron chi connectivity index (χ0n) is 8.76. The Hall–Kier alpha value is -0.700. The Kier molecular flexibility index (Phi) is 4.26. The van der Waals surface area contributed by atoms with Crippen LogP contribution in [0.5, 0.6) is 11.5 Å². The molecule has 0 atom stereocenters. The van der Waals surface area contributed by atoms with Gasteiger partial charge in [0.05, 0.1) is 18.2 Å². The number of halogens is 1. The van der Waals surface area contributed by atoms with Gasteiger partial charge in [-0.15, -0.1) is 0 Å². The van der Waals surface area contributed by atoms with E-state index in [9.17, 15) is 0 Å². The zero-order chi connectivity index (χ0) is 10.6. The lowest BCUT2D eigenvalue weighted by Gasteiger charge is -2.12. The number of benzene rings is 1. The first-order valence-electron chi connectivity index (χ1n) is 4.72. The van der Waals surface area contributed by atoms with Gasteiger partial charge in [-0.2, -0.15) is 0 Å². The fraction of sp³-hybridized carbons (Fsp3) is 0.455. The second kappa shape index (κ2) is 5.25. The van der Waals surface area contributed by atoms with Crippen LogP contribution in [0.25, 0.3) is 0 Å². The second-order valence-electron chi connectivity index (χ2n) is 2.90. The molecule has 0 aliphatic rings. The molecule has 3 heteroatoms. The fourth-order valence-corrected chi connectivity index (χ4v) is 1.87. The van der Waals surface area contributed by atoms with E-state index >= 15 is 0 Å². The molecule has 0 saturated heterocycles. The highest BCUT2D eigenvalue weighted by Crippen LogP contribution is 2.36. The van der Waals surface area contributed by atoms with Gasteiger partial charge in [-0.05, 0) is 47.0 Å². The first kappa shape index (κ1) is 11.4. The first-order valence-corrected chi connectivity index (χ1v) is 5.51. The van der Waals surface area contributed by atoms with Crippen molar-refractivity contribution in [3.05, 3.63) is 22.2 Å². The molecular weight excluding hydrogens is 244 g/mol. The molecule has 1 aromatic rings. The highest BCUT2D eigenvalue weighted by Gasteiger charge is 2.09. The van der Waals surface area contributed by atoms with Gasteiger partial charge in [0.1, 0.15) is 0 Å². The van der Waals surface area contributed by atoms with Gasteiger partial charge in [0, 0.05) is 0 Å². The maximum Gasteiger partial charge on any atom is 0.175 e. The summed E-state index contributed by atoms with van der Waals surface area (Å²) in [6, 6.07) is 4.07. The van der Waals surface area contributed by atoms with E-state index in [1.807, 2.05) is 13.0 Å². The van der Waals surface area contributed by atoms with E-state index in [1.54, 1.807) is 7.11 Å². The number of rotatable bonds is 4. The maximum atomic E-state index is 5.49. The van der Waals surface area contributed by atoms with Crippen LogP contribution in [-0.2, 0) is 6.42 Å². The van der Waals surface area contributed by atoms with Crippen LogP contribution >= 0.6 is 15.9 Å². The molecule has 0 bridgehead atoms. The molecule has 0 fully saturated rings. The van der Waals surface area contributed by atoms with Crippen LogP contribution in [0, 0.1) is 0 Å². The van der Waals surface area contributed by atoms with Crippen LogP contribution in [0.15, 0.2) is 16.6 Å². The van der Waals surface area contributed by atoms with Crippen molar-refractivity contribution >= 4 is 15.9 Å². The molecule has 78 valence electrons. The van der Waals surface area contributed by atoms with Crippen molar-refractivity contribution in [1.29, 1.82) is 0 Å². The van der Waals surface area contributed by atoms with Crippen LogP contribution < -0.4 is 9.47 Å². The van der Waals surface area contributed by atoms with E-state index in [2.05, 4.69) is 28.9 Å². The summed E-state index contributed by atoms with van der Waals surface area (Å²) in [6.07, 6.45) is 0.987. The van der Waals surface area contributed by atoms with Crippen molar-refractivity contribution in [1.82, 2.24) is 0 Å². The smallest absolute Gasteiger partial charge is 0.175 e. The van der Waals surface area contributed by atoms with Crippen LogP contribution in [0.2, 0.25) is 0 Å². The first-order chi connectivity index (χ1) is 6.72. The van der Waals surface area contributed by atoms with Crippen molar-refractivity contribution in [2.75, 3.05) is 13.7 Å². The third-order valence-electron chi connectivity index (χ3n) is 1.99. The topological polar surface area (TPSA) is 18.5 Å². The molecule has 0 saturated carbocycles.